The van der Waals surface area contributed by atoms with Crippen molar-refractivity contribution in [2.45, 2.75) is 45.6 Å². The average Bonchev–Trinajstić information content (AvgIpc) is 2.73. The van der Waals surface area contributed by atoms with E-state index in [-0.39, 0.29) is 28.1 Å². The number of carbonyl (C=O) groups excluding carboxylic acids is 1. The molecule has 0 unspecified atom stereocenters. The summed E-state index contributed by atoms with van der Waals surface area (Å²) in [4.78, 5) is 27.6. The molecule has 7 heteroatoms. The summed E-state index contributed by atoms with van der Waals surface area (Å²) < 4.78 is 0. The number of amides is 1. The van der Waals surface area contributed by atoms with E-state index in [4.69, 9.17) is 0 Å². The van der Waals surface area contributed by atoms with Gasteiger partial charge in [0.15, 0.2) is 0 Å². The number of nitro benzene ring substituents is 1. The van der Waals surface area contributed by atoms with Gasteiger partial charge in [0.1, 0.15) is 0 Å². The summed E-state index contributed by atoms with van der Waals surface area (Å²) in [6.45, 7) is 6.03. The van der Waals surface area contributed by atoms with Crippen molar-refractivity contribution < 1.29 is 14.8 Å². The monoisotopic (exact) mass is 406 g/mol. The fourth-order valence-corrected chi connectivity index (χ4v) is 3.46. The van der Waals surface area contributed by atoms with Crippen molar-refractivity contribution in [1.29, 1.82) is 0 Å². The Morgan fingerprint density at radius 3 is 2.43 bits per heavy atom. The molecule has 0 aliphatic heterocycles. The van der Waals surface area contributed by atoms with Gasteiger partial charge >= 0.3 is 0 Å². The summed E-state index contributed by atoms with van der Waals surface area (Å²) in [7, 11) is 0. The van der Waals surface area contributed by atoms with Gasteiger partial charge < -0.3 is 10.4 Å². The second-order valence-electron chi connectivity index (χ2n) is 7.54. The lowest BCUT2D eigenvalue weighted by Crippen LogP contribution is -2.29. The summed E-state index contributed by atoms with van der Waals surface area (Å²) in [6.07, 6.45) is 2.37. The molecule has 0 radical (unpaired) electrons. The molecular formula is C23H24N3O4-. The van der Waals surface area contributed by atoms with Gasteiger partial charge in [-0.15, -0.1) is 0 Å². The molecule has 7 nitrogen and oxygen atoms in total. The number of nitrogens with one attached hydrogen (secondary N) is 1. The van der Waals surface area contributed by atoms with Gasteiger partial charge in [0, 0.05) is 18.7 Å². The number of nitro groups is 1. The van der Waals surface area contributed by atoms with Crippen LogP contribution in [0.5, 0.6) is 5.75 Å². The number of nitrogens with zero attached hydrogens (tertiary/aromatic N) is 2. The first kappa shape index (κ1) is 21.2. The van der Waals surface area contributed by atoms with Crippen LogP contribution in [0.4, 0.5) is 5.69 Å². The topological polar surface area (TPSA) is 108 Å². The second-order valence-corrected chi connectivity index (χ2v) is 7.54. The van der Waals surface area contributed by atoms with Crippen molar-refractivity contribution in [2.75, 3.05) is 0 Å². The summed E-state index contributed by atoms with van der Waals surface area (Å²) >= 11 is 0. The Bertz CT molecular complexity index is 1080. The molecule has 2 aromatic carbocycles. The number of aromatic nitrogens is 1. The summed E-state index contributed by atoms with van der Waals surface area (Å²) in [5.74, 6) is -0.322. The average molecular weight is 406 g/mol. The molecule has 3 aromatic rings. The molecule has 0 aliphatic rings. The SMILES string of the molecule is CCCC(=O)N[C@H](c1ccc(C(C)C)cc1)c1cc([N+](=O)[O-])c2cccnc2c1[O-]. The lowest BCUT2D eigenvalue weighted by Gasteiger charge is -2.26. The number of hydrogen-bond acceptors (Lipinski definition) is 5. The highest BCUT2D eigenvalue weighted by molar-refractivity contribution is 5.93. The van der Waals surface area contributed by atoms with Gasteiger partial charge in [0.2, 0.25) is 5.91 Å². The van der Waals surface area contributed by atoms with Gasteiger partial charge in [-0.2, -0.15) is 0 Å². The van der Waals surface area contributed by atoms with E-state index in [9.17, 15) is 20.0 Å². The molecule has 0 fully saturated rings. The van der Waals surface area contributed by atoms with Gasteiger partial charge in [-0.1, -0.05) is 50.8 Å². The summed E-state index contributed by atoms with van der Waals surface area (Å²) in [6, 6.07) is 11.1. The van der Waals surface area contributed by atoms with E-state index < -0.39 is 16.7 Å². The number of hydrogen-bond donors (Lipinski definition) is 1. The standard InChI is InChI=1S/C23H25N3O4/c1-4-6-20(27)25-21(16-10-8-15(9-11-16)14(2)3)18-13-19(26(29)30)17-7-5-12-24-22(17)23(18)28/h5,7-14,21,28H,4,6H2,1-3H3,(H,25,27)/p-1/t21-/m1/s1. The molecule has 1 amide bonds. The molecule has 1 aromatic heterocycles. The molecule has 0 spiro atoms. The highest BCUT2D eigenvalue weighted by Crippen LogP contribution is 2.38. The molecule has 1 heterocycles. The Morgan fingerprint density at radius 1 is 1.17 bits per heavy atom. The van der Waals surface area contributed by atoms with Crippen LogP contribution in [0, 0.1) is 10.1 Å². The van der Waals surface area contributed by atoms with E-state index in [1.54, 1.807) is 6.07 Å². The quantitative estimate of drug-likeness (QED) is 0.464. The van der Waals surface area contributed by atoms with E-state index in [1.165, 1.54) is 18.3 Å². The van der Waals surface area contributed by atoms with Crippen molar-refractivity contribution in [1.82, 2.24) is 10.3 Å². The van der Waals surface area contributed by atoms with Gasteiger partial charge in [-0.3, -0.25) is 19.9 Å². The lowest BCUT2D eigenvalue weighted by atomic mass is 9.93. The van der Waals surface area contributed by atoms with Gasteiger partial charge in [-0.05, 0) is 41.2 Å². The third-order valence-electron chi connectivity index (χ3n) is 5.08. The third kappa shape index (κ3) is 4.25. The van der Waals surface area contributed by atoms with Crippen LogP contribution >= 0.6 is 0 Å². The van der Waals surface area contributed by atoms with Crippen LogP contribution in [-0.4, -0.2) is 15.8 Å². The maximum Gasteiger partial charge on any atom is 0.279 e. The highest BCUT2D eigenvalue weighted by Gasteiger charge is 2.23. The molecule has 0 saturated carbocycles. The lowest BCUT2D eigenvalue weighted by molar-refractivity contribution is -0.383. The number of pyridine rings is 1. The highest BCUT2D eigenvalue weighted by atomic mass is 16.6. The van der Waals surface area contributed by atoms with Crippen LogP contribution in [0.3, 0.4) is 0 Å². The fraction of sp³-hybridized carbons (Fsp3) is 0.304. The Kier molecular flexibility index (Phi) is 6.30. The van der Waals surface area contributed by atoms with E-state index in [0.29, 0.717) is 24.3 Å². The third-order valence-corrected chi connectivity index (χ3v) is 5.08. The molecule has 1 atom stereocenters. The van der Waals surface area contributed by atoms with E-state index in [1.807, 2.05) is 31.2 Å². The van der Waals surface area contributed by atoms with Crippen molar-refractivity contribution in [3.8, 4) is 5.75 Å². The van der Waals surface area contributed by atoms with Crippen molar-refractivity contribution in [3.05, 3.63) is 75.5 Å². The molecule has 0 saturated heterocycles. The van der Waals surface area contributed by atoms with E-state index >= 15 is 0 Å². The minimum atomic E-state index is -0.803. The first-order valence-electron chi connectivity index (χ1n) is 9.95. The smallest absolute Gasteiger partial charge is 0.279 e. The van der Waals surface area contributed by atoms with Gasteiger partial charge in [0.05, 0.1) is 21.9 Å². The predicted molar refractivity (Wildman–Crippen MR) is 113 cm³/mol. The van der Waals surface area contributed by atoms with Gasteiger partial charge in [0.25, 0.3) is 5.69 Å². The number of fused-ring (bicyclic) bond motifs is 1. The number of non-ortho nitro benzene ring substituents is 1. The Hall–Kier alpha value is -3.48. The molecule has 30 heavy (non-hydrogen) atoms. The maximum atomic E-state index is 13.2. The Labute approximate surface area is 174 Å². The first-order valence-corrected chi connectivity index (χ1v) is 9.95. The normalized spacial score (nSPS) is 12.1. The van der Waals surface area contributed by atoms with Crippen molar-refractivity contribution in [2.24, 2.45) is 0 Å². The van der Waals surface area contributed by atoms with Crippen molar-refractivity contribution in [3.63, 3.8) is 0 Å². The fourth-order valence-electron chi connectivity index (χ4n) is 3.46. The van der Waals surface area contributed by atoms with Crippen LogP contribution in [0.15, 0.2) is 48.7 Å². The minimum Gasteiger partial charge on any atom is -0.871 e. The number of rotatable bonds is 7. The molecule has 1 N–H and O–H groups in total. The van der Waals surface area contributed by atoms with Crippen LogP contribution < -0.4 is 10.4 Å². The largest absolute Gasteiger partial charge is 0.871 e. The van der Waals surface area contributed by atoms with Crippen LogP contribution in [-0.2, 0) is 4.79 Å². The second kappa shape index (κ2) is 8.90. The van der Waals surface area contributed by atoms with Gasteiger partial charge in [-0.25, -0.2) is 0 Å². The first-order chi connectivity index (χ1) is 14.3. The molecule has 156 valence electrons. The number of benzene rings is 2. The zero-order valence-corrected chi connectivity index (χ0v) is 17.2. The van der Waals surface area contributed by atoms with Crippen LogP contribution in [0.2, 0.25) is 0 Å². The molecule has 0 aliphatic carbocycles. The zero-order valence-electron chi connectivity index (χ0n) is 17.2. The summed E-state index contributed by atoms with van der Waals surface area (Å²) in [5, 5.41) is 27.9. The number of carbonyl (C=O) groups is 1. The summed E-state index contributed by atoms with van der Waals surface area (Å²) in [5.41, 5.74) is 1.75. The predicted octanol–water partition coefficient (Wildman–Crippen LogP) is 4.35. The Morgan fingerprint density at radius 2 is 1.83 bits per heavy atom. The van der Waals surface area contributed by atoms with E-state index in [0.717, 1.165) is 5.56 Å². The molecular weight excluding hydrogens is 382 g/mol. The Balaban J connectivity index is 2.20. The molecule has 0 bridgehead atoms. The van der Waals surface area contributed by atoms with E-state index in [2.05, 4.69) is 24.1 Å². The van der Waals surface area contributed by atoms with Crippen LogP contribution in [0.25, 0.3) is 10.9 Å². The van der Waals surface area contributed by atoms with Crippen LogP contribution in [0.1, 0.15) is 62.3 Å². The minimum absolute atomic E-state index is 0.0234. The van der Waals surface area contributed by atoms with Crippen molar-refractivity contribution >= 4 is 22.5 Å². The molecule has 3 rings (SSSR count). The zero-order chi connectivity index (χ0) is 21.8. The maximum absolute atomic E-state index is 13.2.